The van der Waals surface area contributed by atoms with Crippen LogP contribution in [0, 0.1) is 0 Å². The molecule has 0 bridgehead atoms. The van der Waals surface area contributed by atoms with Crippen LogP contribution in [0.5, 0.6) is 5.75 Å². The van der Waals surface area contributed by atoms with Crippen molar-refractivity contribution in [2.24, 2.45) is 0 Å². The molecule has 0 aliphatic carbocycles. The average Bonchev–Trinajstić information content (AvgIpc) is 2.96. The maximum Gasteiger partial charge on any atom is 0.326 e. The lowest BCUT2D eigenvalue weighted by Gasteiger charge is -2.39. The summed E-state index contributed by atoms with van der Waals surface area (Å²) in [6.07, 6.45) is 4.20. The molecule has 0 atom stereocenters. The van der Waals surface area contributed by atoms with Crippen LogP contribution in [0.3, 0.4) is 0 Å². The van der Waals surface area contributed by atoms with E-state index in [2.05, 4.69) is 9.88 Å². The molecule has 7 heteroatoms. The van der Waals surface area contributed by atoms with E-state index in [9.17, 15) is 4.79 Å². The number of nitrogens with one attached hydrogen (secondary N) is 1. The third-order valence-corrected chi connectivity index (χ3v) is 5.86. The quantitative estimate of drug-likeness (QED) is 0.908. The number of methoxy groups -OCH3 is 1. The number of nitrogens with zero attached hydrogens (tertiary/aromatic N) is 2. The number of piperidine rings is 1. The minimum absolute atomic E-state index is 0.0659. The molecule has 4 rings (SSSR count). The Bertz CT molecular complexity index is 802. The molecule has 1 aromatic carbocycles. The second-order valence-electron chi connectivity index (χ2n) is 6.91. The number of aromatic amines is 1. The molecule has 3 heterocycles. The molecule has 2 aliphatic heterocycles. The van der Waals surface area contributed by atoms with Crippen LogP contribution in [0.4, 0.5) is 0 Å². The molecule has 0 spiro atoms. The summed E-state index contributed by atoms with van der Waals surface area (Å²) in [5.41, 5.74) is 1.57. The van der Waals surface area contributed by atoms with Crippen LogP contribution >= 0.6 is 11.6 Å². The van der Waals surface area contributed by atoms with Crippen molar-refractivity contribution in [2.45, 2.75) is 37.8 Å². The number of benzene rings is 1. The minimum Gasteiger partial charge on any atom is -0.495 e. The lowest BCUT2D eigenvalue weighted by molar-refractivity contribution is 0.0220. The number of imidazole rings is 1. The Labute approximate surface area is 151 Å². The van der Waals surface area contributed by atoms with Gasteiger partial charge in [-0.1, -0.05) is 11.6 Å². The van der Waals surface area contributed by atoms with Gasteiger partial charge in [-0.15, -0.1) is 0 Å². The van der Waals surface area contributed by atoms with E-state index in [1.165, 1.54) is 0 Å². The van der Waals surface area contributed by atoms with Gasteiger partial charge in [-0.05, 0) is 31.7 Å². The highest BCUT2D eigenvalue weighted by Crippen LogP contribution is 2.32. The topological polar surface area (TPSA) is 59.5 Å². The van der Waals surface area contributed by atoms with E-state index in [1.54, 1.807) is 13.2 Å². The van der Waals surface area contributed by atoms with Gasteiger partial charge in [0.1, 0.15) is 5.75 Å². The smallest absolute Gasteiger partial charge is 0.326 e. The zero-order valence-corrected chi connectivity index (χ0v) is 15.2. The second kappa shape index (κ2) is 7.02. The molecule has 2 saturated heterocycles. The molecule has 2 aliphatic rings. The monoisotopic (exact) mass is 365 g/mol. The zero-order valence-electron chi connectivity index (χ0n) is 14.5. The maximum absolute atomic E-state index is 12.5. The molecular formula is C18H24ClN3O3. The van der Waals surface area contributed by atoms with Crippen molar-refractivity contribution in [3.8, 4) is 5.75 Å². The van der Waals surface area contributed by atoms with Crippen molar-refractivity contribution in [3.63, 3.8) is 0 Å². The van der Waals surface area contributed by atoms with Crippen LogP contribution in [0.25, 0.3) is 11.0 Å². The fourth-order valence-corrected chi connectivity index (χ4v) is 4.45. The summed E-state index contributed by atoms with van der Waals surface area (Å²) < 4.78 is 12.7. The van der Waals surface area contributed by atoms with Gasteiger partial charge in [-0.25, -0.2) is 4.79 Å². The predicted octanol–water partition coefficient (Wildman–Crippen LogP) is 2.81. The number of fused-ring (bicyclic) bond motifs is 1. The van der Waals surface area contributed by atoms with Crippen molar-refractivity contribution in [3.05, 3.63) is 27.6 Å². The second-order valence-corrected chi connectivity index (χ2v) is 7.32. The van der Waals surface area contributed by atoms with Gasteiger partial charge in [0.15, 0.2) is 0 Å². The first-order valence-corrected chi connectivity index (χ1v) is 9.34. The van der Waals surface area contributed by atoms with Gasteiger partial charge < -0.3 is 19.4 Å². The van der Waals surface area contributed by atoms with E-state index in [-0.39, 0.29) is 11.7 Å². The van der Waals surface area contributed by atoms with Crippen LogP contribution < -0.4 is 10.4 Å². The number of likely N-dealkylation sites (tertiary alicyclic amines) is 1. The number of ether oxygens (including phenoxy) is 2. The van der Waals surface area contributed by atoms with Gasteiger partial charge >= 0.3 is 5.69 Å². The normalized spacial score (nSPS) is 21.0. The van der Waals surface area contributed by atoms with Gasteiger partial charge in [-0.3, -0.25) is 4.57 Å². The Hall–Kier alpha value is -1.50. The number of hydrogen-bond acceptors (Lipinski definition) is 4. The number of H-pyrrole nitrogens is 1. The predicted molar refractivity (Wildman–Crippen MR) is 97.8 cm³/mol. The Balaban J connectivity index is 1.56. The van der Waals surface area contributed by atoms with E-state index in [0.29, 0.717) is 16.8 Å². The molecule has 6 nitrogen and oxygen atoms in total. The number of hydrogen-bond donors (Lipinski definition) is 1. The summed E-state index contributed by atoms with van der Waals surface area (Å²) in [5, 5.41) is 0.512. The van der Waals surface area contributed by atoms with E-state index in [1.807, 2.05) is 10.6 Å². The third kappa shape index (κ3) is 3.18. The molecule has 2 aromatic rings. The lowest BCUT2D eigenvalue weighted by atomic mass is 9.99. The SMILES string of the molecule is COc1cc2c(cc1Cl)[nH]c(=O)n2C1CCN(C2CCOCC2)CC1. The Morgan fingerprint density at radius 3 is 2.56 bits per heavy atom. The summed E-state index contributed by atoms with van der Waals surface area (Å²) in [6.45, 7) is 3.79. The van der Waals surface area contributed by atoms with E-state index < -0.39 is 0 Å². The summed E-state index contributed by atoms with van der Waals surface area (Å²) in [6, 6.07) is 4.47. The minimum atomic E-state index is -0.0659. The fourth-order valence-electron chi connectivity index (χ4n) is 4.21. The Morgan fingerprint density at radius 2 is 1.88 bits per heavy atom. The van der Waals surface area contributed by atoms with Gasteiger partial charge in [-0.2, -0.15) is 0 Å². The molecule has 1 N–H and O–H groups in total. The van der Waals surface area contributed by atoms with Crippen molar-refractivity contribution in [1.82, 2.24) is 14.5 Å². The number of halogens is 1. The van der Waals surface area contributed by atoms with E-state index in [0.717, 1.165) is 63.0 Å². The van der Waals surface area contributed by atoms with Crippen LogP contribution in [0.1, 0.15) is 31.7 Å². The molecule has 1 aromatic heterocycles. The van der Waals surface area contributed by atoms with Crippen LogP contribution in [-0.4, -0.2) is 53.9 Å². The molecular weight excluding hydrogens is 342 g/mol. The Morgan fingerprint density at radius 1 is 1.16 bits per heavy atom. The van der Waals surface area contributed by atoms with Crippen molar-refractivity contribution in [2.75, 3.05) is 33.4 Å². The molecule has 0 saturated carbocycles. The number of aromatic nitrogens is 2. The summed E-state index contributed by atoms with van der Waals surface area (Å²) in [7, 11) is 1.59. The highest BCUT2D eigenvalue weighted by Gasteiger charge is 2.28. The maximum atomic E-state index is 12.5. The lowest BCUT2D eigenvalue weighted by Crippen LogP contribution is -2.45. The molecule has 136 valence electrons. The highest BCUT2D eigenvalue weighted by atomic mass is 35.5. The van der Waals surface area contributed by atoms with Crippen molar-refractivity contribution in [1.29, 1.82) is 0 Å². The molecule has 0 unspecified atom stereocenters. The summed E-state index contributed by atoms with van der Waals surface area (Å²) in [5.74, 6) is 0.599. The van der Waals surface area contributed by atoms with Crippen molar-refractivity contribution < 1.29 is 9.47 Å². The van der Waals surface area contributed by atoms with E-state index >= 15 is 0 Å². The highest BCUT2D eigenvalue weighted by molar-refractivity contribution is 6.32. The first kappa shape index (κ1) is 16.9. The molecule has 2 fully saturated rings. The standard InChI is InChI=1S/C18H24ClN3O3/c1-24-17-11-16-15(10-14(17)19)20-18(23)22(16)13-2-6-21(7-3-13)12-4-8-25-9-5-12/h10-13H,2-9H2,1H3,(H,20,23). The number of rotatable bonds is 3. The average molecular weight is 366 g/mol. The van der Waals surface area contributed by atoms with Crippen molar-refractivity contribution >= 4 is 22.6 Å². The van der Waals surface area contributed by atoms with Crippen LogP contribution in [0.15, 0.2) is 16.9 Å². The Kier molecular flexibility index (Phi) is 4.75. The van der Waals surface area contributed by atoms with Gasteiger partial charge in [0, 0.05) is 44.5 Å². The molecule has 0 radical (unpaired) electrons. The van der Waals surface area contributed by atoms with Gasteiger partial charge in [0.2, 0.25) is 0 Å². The first-order valence-electron chi connectivity index (χ1n) is 8.97. The van der Waals surface area contributed by atoms with Gasteiger partial charge in [0.05, 0.1) is 23.2 Å². The zero-order chi connectivity index (χ0) is 17.4. The van der Waals surface area contributed by atoms with E-state index in [4.69, 9.17) is 21.1 Å². The largest absolute Gasteiger partial charge is 0.495 e. The fraction of sp³-hybridized carbons (Fsp3) is 0.611. The summed E-state index contributed by atoms with van der Waals surface area (Å²) in [4.78, 5) is 18.0. The first-order chi connectivity index (χ1) is 12.2. The van der Waals surface area contributed by atoms with Crippen LogP contribution in [0.2, 0.25) is 5.02 Å². The van der Waals surface area contributed by atoms with Crippen LogP contribution in [-0.2, 0) is 4.74 Å². The third-order valence-electron chi connectivity index (χ3n) is 5.56. The molecule has 0 amide bonds. The molecule has 25 heavy (non-hydrogen) atoms. The van der Waals surface area contributed by atoms with Gasteiger partial charge in [0.25, 0.3) is 0 Å². The summed E-state index contributed by atoms with van der Waals surface area (Å²) >= 11 is 6.18.